The summed E-state index contributed by atoms with van der Waals surface area (Å²) in [5.41, 5.74) is 4.54. The minimum absolute atomic E-state index is 0.789. The largest absolute Gasteiger partial charge is 0.361 e. The van der Waals surface area contributed by atoms with Crippen LogP contribution in [0.3, 0.4) is 0 Å². The molecule has 2 heterocycles. The van der Waals surface area contributed by atoms with Crippen molar-refractivity contribution in [2.75, 3.05) is 0 Å². The number of aryl methyl sites for hydroxylation is 1. The molecule has 0 amide bonds. The number of hydrogen-bond acceptors (Lipinski definition) is 2. The fourth-order valence-corrected chi connectivity index (χ4v) is 2.65. The number of nitrogens with zero attached hydrogens (tertiary/aromatic N) is 2. The van der Waals surface area contributed by atoms with Crippen molar-refractivity contribution in [1.29, 1.82) is 0 Å². The maximum Gasteiger partial charge on any atom is 0.159 e. The third-order valence-electron chi connectivity index (χ3n) is 2.96. The van der Waals surface area contributed by atoms with E-state index in [4.69, 9.17) is 0 Å². The third-order valence-corrected chi connectivity index (χ3v) is 3.79. The number of nitrogens with one attached hydrogen (secondary N) is 1. The summed E-state index contributed by atoms with van der Waals surface area (Å²) in [7, 11) is 0. The number of aromatic nitrogens is 3. The van der Waals surface area contributed by atoms with Crippen molar-refractivity contribution in [1.82, 2.24) is 15.0 Å². The molecule has 0 saturated heterocycles. The Kier molecular flexibility index (Phi) is 3.03. The lowest BCUT2D eigenvalue weighted by Crippen LogP contribution is -1.90. The highest BCUT2D eigenvalue weighted by molar-refractivity contribution is 14.1. The molecule has 0 bridgehead atoms. The van der Waals surface area contributed by atoms with Gasteiger partial charge in [0.2, 0.25) is 0 Å². The van der Waals surface area contributed by atoms with Crippen LogP contribution in [0.5, 0.6) is 0 Å². The highest BCUT2D eigenvalue weighted by Crippen LogP contribution is 2.25. The van der Waals surface area contributed by atoms with E-state index in [9.17, 15) is 0 Å². The second kappa shape index (κ2) is 4.68. The van der Waals surface area contributed by atoms with Crippen molar-refractivity contribution in [2.24, 2.45) is 0 Å². The zero-order valence-corrected chi connectivity index (χ0v) is 12.1. The normalized spacial score (nSPS) is 11.0. The Morgan fingerprint density at radius 1 is 1.28 bits per heavy atom. The fourth-order valence-electron chi connectivity index (χ4n) is 2.02. The van der Waals surface area contributed by atoms with Crippen LogP contribution in [0.4, 0.5) is 0 Å². The van der Waals surface area contributed by atoms with E-state index in [1.165, 1.54) is 10.9 Å². The van der Waals surface area contributed by atoms with Crippen LogP contribution in [0.25, 0.3) is 22.3 Å². The van der Waals surface area contributed by atoms with Crippen LogP contribution in [-0.2, 0) is 4.43 Å². The van der Waals surface area contributed by atoms with Crippen LogP contribution in [0.15, 0.2) is 36.7 Å². The molecular formula is C14H12IN3. The minimum atomic E-state index is 0.789. The monoisotopic (exact) mass is 349 g/mol. The van der Waals surface area contributed by atoms with Crippen LogP contribution < -0.4 is 0 Å². The van der Waals surface area contributed by atoms with E-state index in [0.29, 0.717) is 0 Å². The van der Waals surface area contributed by atoms with Crippen LogP contribution in [0.1, 0.15) is 11.3 Å². The topological polar surface area (TPSA) is 41.6 Å². The molecule has 1 aromatic carbocycles. The SMILES string of the molecule is Cc1ccnc(-c2ccc3[nH]cc(CI)c3c2)n1. The first-order valence-corrected chi connectivity index (χ1v) is 7.26. The highest BCUT2D eigenvalue weighted by Gasteiger charge is 2.06. The van der Waals surface area contributed by atoms with Gasteiger partial charge in [-0.25, -0.2) is 9.97 Å². The summed E-state index contributed by atoms with van der Waals surface area (Å²) in [6.45, 7) is 1.98. The summed E-state index contributed by atoms with van der Waals surface area (Å²) in [5, 5.41) is 1.26. The maximum atomic E-state index is 4.47. The van der Waals surface area contributed by atoms with Crippen molar-refractivity contribution < 1.29 is 0 Å². The number of halogens is 1. The van der Waals surface area contributed by atoms with E-state index in [2.05, 4.69) is 61.9 Å². The van der Waals surface area contributed by atoms with Gasteiger partial charge in [0, 0.05) is 39.0 Å². The molecule has 0 aliphatic carbocycles. The molecule has 18 heavy (non-hydrogen) atoms. The smallest absolute Gasteiger partial charge is 0.159 e. The summed E-state index contributed by atoms with van der Waals surface area (Å²) < 4.78 is 0.996. The summed E-state index contributed by atoms with van der Waals surface area (Å²) in [5.74, 6) is 0.789. The van der Waals surface area contributed by atoms with E-state index >= 15 is 0 Å². The van der Waals surface area contributed by atoms with Gasteiger partial charge in [-0.1, -0.05) is 22.6 Å². The molecule has 3 aromatic rings. The molecule has 0 atom stereocenters. The van der Waals surface area contributed by atoms with Crippen molar-refractivity contribution in [3.05, 3.63) is 47.9 Å². The van der Waals surface area contributed by atoms with E-state index < -0.39 is 0 Å². The van der Waals surface area contributed by atoms with Gasteiger partial charge >= 0.3 is 0 Å². The zero-order valence-electron chi connectivity index (χ0n) is 9.94. The Balaban J connectivity index is 2.18. The average Bonchev–Trinajstić information content (AvgIpc) is 2.80. The first kappa shape index (κ1) is 11.6. The molecular weight excluding hydrogens is 337 g/mol. The standard InChI is InChI=1S/C14H12IN3/c1-9-4-5-16-14(18-9)10-2-3-13-12(6-10)11(7-15)8-17-13/h2-6,8,17H,7H2,1H3. The van der Waals surface area contributed by atoms with E-state index in [1.807, 2.05) is 13.0 Å². The maximum absolute atomic E-state index is 4.47. The average molecular weight is 349 g/mol. The molecule has 0 saturated carbocycles. The highest BCUT2D eigenvalue weighted by atomic mass is 127. The molecule has 0 radical (unpaired) electrons. The summed E-state index contributed by atoms with van der Waals surface area (Å²) in [6, 6.07) is 8.22. The van der Waals surface area contributed by atoms with Crippen LogP contribution >= 0.6 is 22.6 Å². The number of benzene rings is 1. The van der Waals surface area contributed by atoms with Gasteiger partial charge < -0.3 is 4.98 Å². The lowest BCUT2D eigenvalue weighted by Gasteiger charge is -2.02. The third kappa shape index (κ3) is 2.01. The lowest BCUT2D eigenvalue weighted by atomic mass is 10.1. The van der Waals surface area contributed by atoms with Crippen LogP contribution in [0, 0.1) is 6.92 Å². The van der Waals surface area contributed by atoms with E-state index in [0.717, 1.165) is 27.0 Å². The van der Waals surface area contributed by atoms with Crippen molar-refractivity contribution in [3.8, 4) is 11.4 Å². The first-order chi connectivity index (χ1) is 8.78. The number of hydrogen-bond donors (Lipinski definition) is 1. The fraction of sp³-hybridized carbons (Fsp3) is 0.143. The van der Waals surface area contributed by atoms with Gasteiger partial charge in [0.05, 0.1) is 0 Å². The van der Waals surface area contributed by atoms with Crippen molar-refractivity contribution in [2.45, 2.75) is 11.4 Å². The molecule has 0 fully saturated rings. The molecule has 4 heteroatoms. The Morgan fingerprint density at radius 2 is 2.17 bits per heavy atom. The number of fused-ring (bicyclic) bond motifs is 1. The molecule has 1 N–H and O–H groups in total. The molecule has 3 rings (SSSR count). The molecule has 0 aliphatic heterocycles. The molecule has 0 unspecified atom stereocenters. The van der Waals surface area contributed by atoms with Crippen LogP contribution in [0.2, 0.25) is 0 Å². The van der Waals surface area contributed by atoms with Gasteiger partial charge in [-0.2, -0.15) is 0 Å². The molecule has 2 aromatic heterocycles. The molecule has 90 valence electrons. The summed E-state index contributed by atoms with van der Waals surface area (Å²) in [6.07, 6.45) is 3.87. The van der Waals surface area contributed by atoms with Gasteiger partial charge in [0.25, 0.3) is 0 Å². The Labute approximate surface area is 119 Å². The predicted octanol–water partition coefficient (Wildman–Crippen LogP) is 3.87. The molecule has 3 nitrogen and oxygen atoms in total. The predicted molar refractivity (Wildman–Crippen MR) is 81.8 cm³/mol. The first-order valence-electron chi connectivity index (χ1n) is 5.74. The Morgan fingerprint density at radius 3 is 2.94 bits per heavy atom. The lowest BCUT2D eigenvalue weighted by molar-refractivity contribution is 1.11. The molecule has 0 spiro atoms. The van der Waals surface area contributed by atoms with E-state index in [1.54, 1.807) is 6.20 Å². The van der Waals surface area contributed by atoms with Gasteiger partial charge in [-0.3, -0.25) is 0 Å². The zero-order chi connectivity index (χ0) is 12.5. The van der Waals surface area contributed by atoms with Gasteiger partial charge in [0.1, 0.15) is 0 Å². The Hall–Kier alpha value is -1.43. The van der Waals surface area contributed by atoms with Gasteiger partial charge in [-0.05, 0) is 36.8 Å². The summed E-state index contributed by atoms with van der Waals surface area (Å²) >= 11 is 2.38. The quantitative estimate of drug-likeness (QED) is 0.564. The second-order valence-corrected chi connectivity index (χ2v) is 4.99. The van der Waals surface area contributed by atoms with Crippen molar-refractivity contribution >= 4 is 33.5 Å². The van der Waals surface area contributed by atoms with Crippen LogP contribution in [-0.4, -0.2) is 15.0 Å². The summed E-state index contributed by atoms with van der Waals surface area (Å²) in [4.78, 5) is 12.1. The number of H-pyrrole nitrogens is 1. The minimum Gasteiger partial charge on any atom is -0.361 e. The van der Waals surface area contributed by atoms with Gasteiger partial charge in [0.15, 0.2) is 5.82 Å². The van der Waals surface area contributed by atoms with E-state index in [-0.39, 0.29) is 0 Å². The molecule has 0 aliphatic rings. The number of aromatic amines is 1. The van der Waals surface area contributed by atoms with Gasteiger partial charge in [-0.15, -0.1) is 0 Å². The second-order valence-electron chi connectivity index (χ2n) is 4.23. The number of rotatable bonds is 2. The van der Waals surface area contributed by atoms with Crippen molar-refractivity contribution in [3.63, 3.8) is 0 Å². The Bertz CT molecular complexity index is 703. The number of alkyl halides is 1.